The smallest absolute Gasteiger partial charge is 0.218 e. The van der Waals surface area contributed by atoms with E-state index in [2.05, 4.69) is 4.18 Å². The molecule has 0 bridgehead atoms. The van der Waals surface area contributed by atoms with Gasteiger partial charge < -0.3 is 44.0 Å². The molecule has 0 aromatic rings. The van der Waals surface area contributed by atoms with Crippen molar-refractivity contribution < 1.29 is 56.6 Å². The van der Waals surface area contributed by atoms with Crippen molar-refractivity contribution in [3.05, 3.63) is 0 Å². The van der Waals surface area contributed by atoms with Crippen LogP contribution in [-0.4, -0.2) is 90.4 Å². The summed E-state index contributed by atoms with van der Waals surface area (Å²) in [5.41, 5.74) is 0. The summed E-state index contributed by atoms with van der Waals surface area (Å²) in [4.78, 5) is 11.2. The van der Waals surface area contributed by atoms with Gasteiger partial charge in [-0.2, -0.15) is 0 Å². The molecule has 12 nitrogen and oxygen atoms in total. The number of aliphatic hydroxyl groups is 3. The highest BCUT2D eigenvalue weighted by Crippen LogP contribution is 2.35. The minimum atomic E-state index is -5.25. The Morgan fingerprint density at radius 2 is 1.71 bits per heavy atom. The fraction of sp³-hybridized carbons (Fsp3) is 0.933. The number of aliphatic hydroxyl groups excluding tert-OH is 3. The lowest BCUT2D eigenvalue weighted by atomic mass is 9.81. The standard InChI is InChI=1S/C15H26O12S/c1-5-4-7(24-3)9(17)13(27-28(21,22)23)11(5)25-15-10(18)8(16)6(2)12(26-15)14(19)20/h5-13,15-18H,4H2,1-3H3,(H,19,20)(H,21,22,23)/p-2/t5?,6-,7?,8+,9+,10-,11-,12?,13+,15+/m0/s1. The number of methoxy groups -OCH3 is 1. The van der Waals surface area contributed by atoms with Gasteiger partial charge in [0.05, 0.1) is 24.3 Å². The number of aliphatic carboxylic acids is 1. The van der Waals surface area contributed by atoms with Gasteiger partial charge in [0.1, 0.15) is 24.4 Å². The maximum absolute atomic E-state index is 11.2. The molecule has 3 unspecified atom stereocenters. The SMILES string of the molecule is COC1CC(C)[C@H](O[C@@H]2OC(C(=O)[O-])[C@@H](C)[C@@H](O)[C@@H]2O)[C@H](OS(=O)(=O)[O-])[C@@H]1O. The Labute approximate surface area is 161 Å². The fourth-order valence-corrected chi connectivity index (χ4v) is 4.10. The van der Waals surface area contributed by atoms with E-state index < -0.39 is 77.2 Å². The highest BCUT2D eigenvalue weighted by atomic mass is 32.3. The van der Waals surface area contributed by atoms with E-state index >= 15 is 0 Å². The quantitative estimate of drug-likeness (QED) is 0.279. The van der Waals surface area contributed by atoms with E-state index in [1.165, 1.54) is 14.0 Å². The van der Waals surface area contributed by atoms with Crippen molar-refractivity contribution in [2.24, 2.45) is 11.8 Å². The Hall–Kier alpha value is -0.900. The van der Waals surface area contributed by atoms with E-state index in [0.717, 1.165) is 0 Å². The molecule has 2 rings (SSSR count). The first kappa shape index (κ1) is 23.4. The zero-order valence-electron chi connectivity index (χ0n) is 15.4. The number of hydrogen-bond donors (Lipinski definition) is 3. The number of ether oxygens (including phenoxy) is 3. The maximum Gasteiger partial charge on any atom is 0.218 e. The normalized spacial score (nSPS) is 45.0. The van der Waals surface area contributed by atoms with Crippen LogP contribution in [0.25, 0.3) is 0 Å². The van der Waals surface area contributed by atoms with Gasteiger partial charge in [0.2, 0.25) is 10.4 Å². The molecule has 0 radical (unpaired) electrons. The Morgan fingerprint density at radius 3 is 2.21 bits per heavy atom. The van der Waals surface area contributed by atoms with E-state index in [0.29, 0.717) is 0 Å². The topological polar surface area (TPSA) is 195 Å². The molecule has 1 aliphatic carbocycles. The van der Waals surface area contributed by atoms with Crippen molar-refractivity contribution in [3.63, 3.8) is 0 Å². The molecule has 1 aliphatic heterocycles. The van der Waals surface area contributed by atoms with E-state index in [9.17, 15) is 38.2 Å². The van der Waals surface area contributed by atoms with Crippen molar-refractivity contribution in [1.29, 1.82) is 0 Å². The van der Waals surface area contributed by atoms with Crippen LogP contribution in [-0.2, 0) is 33.6 Å². The van der Waals surface area contributed by atoms with Gasteiger partial charge in [-0.25, -0.2) is 8.42 Å². The first-order valence-corrected chi connectivity index (χ1v) is 9.93. The van der Waals surface area contributed by atoms with Crippen LogP contribution in [0.5, 0.6) is 0 Å². The number of carbonyl (C=O) groups excluding carboxylic acids is 1. The van der Waals surface area contributed by atoms with Gasteiger partial charge in [-0.05, 0) is 12.3 Å². The first-order valence-electron chi connectivity index (χ1n) is 8.60. The zero-order valence-corrected chi connectivity index (χ0v) is 16.2. The van der Waals surface area contributed by atoms with Gasteiger partial charge in [-0.1, -0.05) is 13.8 Å². The van der Waals surface area contributed by atoms with Crippen molar-refractivity contribution in [3.8, 4) is 0 Å². The lowest BCUT2D eigenvalue weighted by Gasteiger charge is -2.47. The fourth-order valence-electron chi connectivity index (χ4n) is 3.60. The van der Waals surface area contributed by atoms with Gasteiger partial charge in [-0.15, -0.1) is 0 Å². The average Bonchev–Trinajstić information content (AvgIpc) is 2.59. The molecule has 0 aromatic carbocycles. The lowest BCUT2D eigenvalue weighted by molar-refractivity contribution is -0.353. The predicted molar refractivity (Wildman–Crippen MR) is 84.9 cm³/mol. The lowest BCUT2D eigenvalue weighted by Crippen LogP contribution is -2.62. The Morgan fingerprint density at radius 1 is 1.11 bits per heavy atom. The average molecular weight is 428 g/mol. The number of rotatable bonds is 6. The van der Waals surface area contributed by atoms with Crippen molar-refractivity contribution in [2.75, 3.05) is 7.11 Å². The number of carboxylic acids is 1. The summed E-state index contributed by atoms with van der Waals surface area (Å²) in [6, 6.07) is 0. The Kier molecular flexibility index (Phi) is 7.39. The van der Waals surface area contributed by atoms with Crippen LogP contribution < -0.4 is 5.11 Å². The minimum absolute atomic E-state index is 0.173. The number of carboxylic acid groups (broad SMARTS) is 1. The molecule has 164 valence electrons. The van der Waals surface area contributed by atoms with Gasteiger partial charge in [0.15, 0.2) is 6.29 Å². The third kappa shape index (κ3) is 4.98. The number of carbonyl (C=O) groups is 1. The summed E-state index contributed by atoms with van der Waals surface area (Å²) in [6.07, 6.45) is -11.8. The summed E-state index contributed by atoms with van der Waals surface area (Å²) in [6.45, 7) is 2.91. The van der Waals surface area contributed by atoms with Gasteiger partial charge in [0.25, 0.3) is 0 Å². The van der Waals surface area contributed by atoms with E-state index in [-0.39, 0.29) is 6.42 Å². The molecule has 3 N–H and O–H groups in total. The van der Waals surface area contributed by atoms with E-state index in [4.69, 9.17) is 14.2 Å². The highest BCUT2D eigenvalue weighted by molar-refractivity contribution is 7.80. The molecule has 10 atom stereocenters. The second kappa shape index (κ2) is 8.85. The summed E-state index contributed by atoms with van der Waals surface area (Å²) in [5, 5.41) is 41.8. The first-order chi connectivity index (χ1) is 12.9. The molecule has 28 heavy (non-hydrogen) atoms. The molecular weight excluding hydrogens is 404 g/mol. The van der Waals surface area contributed by atoms with E-state index in [1.807, 2.05) is 0 Å². The molecule has 2 fully saturated rings. The summed E-state index contributed by atoms with van der Waals surface area (Å²) < 4.78 is 53.5. The number of hydrogen-bond acceptors (Lipinski definition) is 12. The van der Waals surface area contributed by atoms with Crippen LogP contribution in [0, 0.1) is 11.8 Å². The van der Waals surface area contributed by atoms with Crippen LogP contribution in [0.2, 0.25) is 0 Å². The van der Waals surface area contributed by atoms with Crippen LogP contribution in [0.1, 0.15) is 20.3 Å². The third-order valence-electron chi connectivity index (χ3n) is 5.19. The minimum Gasteiger partial charge on any atom is -0.726 e. The van der Waals surface area contributed by atoms with Crippen LogP contribution in [0.15, 0.2) is 0 Å². The highest BCUT2D eigenvalue weighted by Gasteiger charge is 2.50. The molecule has 0 spiro atoms. The van der Waals surface area contributed by atoms with Crippen LogP contribution in [0.3, 0.4) is 0 Å². The second-order valence-corrected chi connectivity index (χ2v) is 8.14. The van der Waals surface area contributed by atoms with Crippen LogP contribution in [0.4, 0.5) is 0 Å². The van der Waals surface area contributed by atoms with E-state index in [1.54, 1.807) is 6.92 Å². The van der Waals surface area contributed by atoms with Gasteiger partial charge in [0, 0.05) is 13.0 Å². The van der Waals surface area contributed by atoms with Crippen molar-refractivity contribution in [2.45, 2.75) is 69.3 Å². The summed E-state index contributed by atoms with van der Waals surface area (Å²) >= 11 is 0. The largest absolute Gasteiger partial charge is 0.726 e. The summed E-state index contributed by atoms with van der Waals surface area (Å²) in [5.74, 6) is -3.21. The Bertz CT molecular complexity index is 653. The molecule has 1 saturated heterocycles. The molecule has 1 saturated carbocycles. The molecule has 13 heteroatoms. The van der Waals surface area contributed by atoms with Crippen molar-refractivity contribution >= 4 is 16.4 Å². The zero-order chi connectivity index (χ0) is 21.4. The van der Waals surface area contributed by atoms with Crippen LogP contribution >= 0.6 is 0 Å². The second-order valence-electron chi connectivity index (χ2n) is 7.13. The molecule has 2 aliphatic rings. The van der Waals surface area contributed by atoms with Gasteiger partial charge >= 0.3 is 0 Å². The molecular formula is C15H24O12S-2. The molecule has 0 aromatic heterocycles. The maximum atomic E-state index is 11.2. The van der Waals surface area contributed by atoms with Gasteiger partial charge in [-0.3, -0.25) is 4.18 Å². The monoisotopic (exact) mass is 428 g/mol. The predicted octanol–water partition coefficient (Wildman–Crippen LogP) is -3.53. The molecule has 0 amide bonds. The van der Waals surface area contributed by atoms with Crippen molar-refractivity contribution in [1.82, 2.24) is 0 Å². The summed E-state index contributed by atoms with van der Waals surface area (Å²) in [7, 11) is -3.97. The molecule has 1 heterocycles. The third-order valence-corrected chi connectivity index (χ3v) is 5.65. The Balaban J connectivity index is 2.27.